The minimum atomic E-state index is -0.343. The number of anilines is 1. The Labute approximate surface area is 165 Å². The number of hydrogen-bond acceptors (Lipinski definition) is 4. The van der Waals surface area contributed by atoms with Crippen molar-refractivity contribution >= 4 is 34.2 Å². The van der Waals surface area contributed by atoms with Crippen molar-refractivity contribution in [3.8, 4) is 5.69 Å². The topological polar surface area (TPSA) is 92.7 Å². The molecule has 1 amide bonds. The number of H-pyrrole nitrogens is 1. The summed E-state index contributed by atoms with van der Waals surface area (Å²) in [4.78, 5) is 31.0. The van der Waals surface area contributed by atoms with Crippen LogP contribution in [0.25, 0.3) is 16.7 Å². The second-order valence-corrected chi connectivity index (χ2v) is 6.77. The number of nitrogens with zero attached hydrogens (tertiary/aromatic N) is 3. The molecule has 0 aliphatic heterocycles. The molecule has 0 spiro atoms. The molecule has 140 valence electrons. The summed E-state index contributed by atoms with van der Waals surface area (Å²) in [5.41, 5.74) is 2.46. The molecule has 1 unspecified atom stereocenters. The summed E-state index contributed by atoms with van der Waals surface area (Å²) >= 11 is 6.00. The van der Waals surface area contributed by atoms with Crippen LogP contribution in [0.5, 0.6) is 0 Å². The SMILES string of the molecule is CC(C(=O)Nc1ccc(-n2ncc3c(=O)[nH]cnc32)cc1)c1cccc(Cl)c1. The van der Waals surface area contributed by atoms with Gasteiger partial charge in [0.15, 0.2) is 5.65 Å². The van der Waals surface area contributed by atoms with Gasteiger partial charge in [-0.3, -0.25) is 9.59 Å². The fourth-order valence-electron chi connectivity index (χ4n) is 2.91. The van der Waals surface area contributed by atoms with Gasteiger partial charge in [0.05, 0.1) is 24.1 Å². The number of hydrogen-bond donors (Lipinski definition) is 2. The molecule has 28 heavy (non-hydrogen) atoms. The lowest BCUT2D eigenvalue weighted by molar-refractivity contribution is -0.117. The molecule has 4 rings (SSSR count). The van der Waals surface area contributed by atoms with Crippen LogP contribution in [0.3, 0.4) is 0 Å². The Balaban J connectivity index is 1.54. The molecule has 0 saturated carbocycles. The van der Waals surface area contributed by atoms with Crippen molar-refractivity contribution in [2.75, 3.05) is 5.32 Å². The van der Waals surface area contributed by atoms with Crippen LogP contribution in [-0.4, -0.2) is 25.7 Å². The number of rotatable bonds is 4. The number of nitrogens with one attached hydrogen (secondary N) is 2. The lowest BCUT2D eigenvalue weighted by Gasteiger charge is -2.13. The van der Waals surface area contributed by atoms with Gasteiger partial charge in [-0.2, -0.15) is 5.10 Å². The summed E-state index contributed by atoms with van der Waals surface area (Å²) in [7, 11) is 0. The first-order chi connectivity index (χ1) is 13.5. The quantitative estimate of drug-likeness (QED) is 0.555. The average Bonchev–Trinajstić information content (AvgIpc) is 3.13. The maximum atomic E-state index is 12.5. The van der Waals surface area contributed by atoms with E-state index in [0.717, 1.165) is 11.3 Å². The van der Waals surface area contributed by atoms with Crippen molar-refractivity contribution in [3.63, 3.8) is 0 Å². The van der Waals surface area contributed by atoms with Crippen molar-refractivity contribution in [1.29, 1.82) is 0 Å². The number of benzene rings is 2. The molecule has 4 aromatic rings. The highest BCUT2D eigenvalue weighted by Gasteiger charge is 2.16. The van der Waals surface area contributed by atoms with Gasteiger partial charge in [0.25, 0.3) is 5.56 Å². The largest absolute Gasteiger partial charge is 0.326 e. The first-order valence-corrected chi connectivity index (χ1v) is 8.99. The lowest BCUT2D eigenvalue weighted by Crippen LogP contribution is -2.18. The van der Waals surface area contributed by atoms with Gasteiger partial charge in [-0.25, -0.2) is 9.67 Å². The van der Waals surface area contributed by atoms with E-state index in [1.165, 1.54) is 12.5 Å². The van der Waals surface area contributed by atoms with E-state index in [0.29, 0.717) is 21.7 Å². The first-order valence-electron chi connectivity index (χ1n) is 8.61. The van der Waals surface area contributed by atoms with Crippen LogP contribution >= 0.6 is 11.6 Å². The van der Waals surface area contributed by atoms with Gasteiger partial charge in [0.1, 0.15) is 5.39 Å². The van der Waals surface area contributed by atoms with Gasteiger partial charge >= 0.3 is 0 Å². The van der Waals surface area contributed by atoms with Crippen LogP contribution in [0.1, 0.15) is 18.4 Å². The Bertz CT molecular complexity index is 1210. The molecular weight excluding hydrogens is 378 g/mol. The molecule has 7 nitrogen and oxygen atoms in total. The Morgan fingerprint density at radius 3 is 2.75 bits per heavy atom. The third kappa shape index (κ3) is 3.39. The van der Waals surface area contributed by atoms with Gasteiger partial charge in [-0.15, -0.1) is 0 Å². The molecule has 2 aromatic carbocycles. The molecule has 8 heteroatoms. The smallest absolute Gasteiger partial charge is 0.261 e. The van der Waals surface area contributed by atoms with Crippen LogP contribution in [0.15, 0.2) is 65.8 Å². The number of carbonyl (C=O) groups excluding carboxylic acids is 1. The van der Waals surface area contributed by atoms with Gasteiger partial charge in [0.2, 0.25) is 5.91 Å². The van der Waals surface area contributed by atoms with E-state index in [1.54, 1.807) is 41.1 Å². The van der Waals surface area contributed by atoms with E-state index in [2.05, 4.69) is 20.4 Å². The molecule has 1 atom stereocenters. The Hall–Kier alpha value is -3.45. The van der Waals surface area contributed by atoms with Gasteiger partial charge < -0.3 is 10.3 Å². The highest BCUT2D eigenvalue weighted by Crippen LogP contribution is 2.22. The average molecular weight is 394 g/mol. The third-order valence-corrected chi connectivity index (χ3v) is 4.73. The summed E-state index contributed by atoms with van der Waals surface area (Å²) < 4.78 is 1.57. The van der Waals surface area contributed by atoms with Crippen LogP contribution in [0, 0.1) is 0 Å². The van der Waals surface area contributed by atoms with Gasteiger partial charge in [-0.1, -0.05) is 23.7 Å². The predicted molar refractivity (Wildman–Crippen MR) is 108 cm³/mol. The molecule has 0 bridgehead atoms. The highest BCUT2D eigenvalue weighted by molar-refractivity contribution is 6.30. The zero-order valence-electron chi connectivity index (χ0n) is 14.9. The van der Waals surface area contributed by atoms with Crippen LogP contribution in [0.4, 0.5) is 5.69 Å². The first kappa shape index (κ1) is 17.9. The van der Waals surface area contributed by atoms with E-state index in [4.69, 9.17) is 11.6 Å². The van der Waals surface area contributed by atoms with Gasteiger partial charge in [-0.05, 0) is 48.9 Å². The van der Waals surface area contributed by atoms with Crippen molar-refractivity contribution in [3.05, 3.63) is 82.0 Å². The molecule has 0 saturated heterocycles. The van der Waals surface area contributed by atoms with E-state index >= 15 is 0 Å². The number of fused-ring (bicyclic) bond motifs is 1. The van der Waals surface area contributed by atoms with E-state index < -0.39 is 0 Å². The molecule has 2 N–H and O–H groups in total. The molecule has 0 aliphatic carbocycles. The molecule has 0 fully saturated rings. The standard InChI is InChI=1S/C20H16ClN5O2/c1-12(13-3-2-4-14(21)9-13)19(27)25-15-5-7-16(8-6-15)26-18-17(10-24-26)20(28)23-11-22-18/h2-12H,1H3,(H,25,27)(H,22,23,28). The number of amides is 1. The minimum absolute atomic E-state index is 0.132. The zero-order chi connectivity index (χ0) is 19.7. The second kappa shape index (κ2) is 7.28. The van der Waals surface area contributed by atoms with Crippen molar-refractivity contribution in [2.45, 2.75) is 12.8 Å². The minimum Gasteiger partial charge on any atom is -0.326 e. The molecule has 0 aliphatic rings. The Morgan fingerprint density at radius 1 is 1.21 bits per heavy atom. The summed E-state index contributed by atoms with van der Waals surface area (Å²) in [6.07, 6.45) is 2.82. The van der Waals surface area contributed by atoms with Crippen LogP contribution < -0.4 is 10.9 Å². The molecular formula is C20H16ClN5O2. The number of carbonyl (C=O) groups is 1. The van der Waals surface area contributed by atoms with Crippen molar-refractivity contribution in [1.82, 2.24) is 19.7 Å². The Kier molecular flexibility index (Phi) is 4.67. The van der Waals surface area contributed by atoms with Crippen LogP contribution in [-0.2, 0) is 4.79 Å². The van der Waals surface area contributed by atoms with Crippen LogP contribution in [0.2, 0.25) is 5.02 Å². The summed E-state index contributed by atoms with van der Waals surface area (Å²) in [5, 5.41) is 8.13. The maximum Gasteiger partial charge on any atom is 0.261 e. The van der Waals surface area contributed by atoms with E-state index in [-0.39, 0.29) is 17.4 Å². The number of aromatic nitrogens is 4. The molecule has 2 aromatic heterocycles. The zero-order valence-corrected chi connectivity index (χ0v) is 15.6. The second-order valence-electron chi connectivity index (χ2n) is 6.34. The third-order valence-electron chi connectivity index (χ3n) is 4.49. The highest BCUT2D eigenvalue weighted by atomic mass is 35.5. The van der Waals surface area contributed by atoms with Crippen molar-refractivity contribution < 1.29 is 4.79 Å². The fraction of sp³-hybridized carbons (Fsp3) is 0.100. The number of aromatic amines is 1. The van der Waals surface area contributed by atoms with E-state index in [9.17, 15) is 9.59 Å². The normalized spacial score (nSPS) is 12.1. The molecule has 2 heterocycles. The van der Waals surface area contributed by atoms with Gasteiger partial charge in [0, 0.05) is 10.7 Å². The summed E-state index contributed by atoms with van der Waals surface area (Å²) in [6, 6.07) is 14.4. The predicted octanol–water partition coefficient (Wildman–Crippen LogP) is 3.50. The summed E-state index contributed by atoms with van der Waals surface area (Å²) in [5.74, 6) is -0.475. The molecule has 0 radical (unpaired) electrons. The Morgan fingerprint density at radius 2 is 2.00 bits per heavy atom. The number of halogens is 1. The monoisotopic (exact) mass is 393 g/mol. The maximum absolute atomic E-state index is 12.5. The fourth-order valence-corrected chi connectivity index (χ4v) is 3.11. The van der Waals surface area contributed by atoms with E-state index in [1.807, 2.05) is 19.1 Å². The van der Waals surface area contributed by atoms with Crippen molar-refractivity contribution in [2.24, 2.45) is 0 Å². The lowest BCUT2D eigenvalue weighted by atomic mass is 10.0. The summed E-state index contributed by atoms with van der Waals surface area (Å²) in [6.45, 7) is 1.83.